The van der Waals surface area contributed by atoms with Crippen molar-refractivity contribution in [3.05, 3.63) is 41.6 Å². The molecule has 0 atom stereocenters. The van der Waals surface area contributed by atoms with Crippen LogP contribution in [-0.2, 0) is 6.42 Å². The number of pyridine rings is 1. The Balaban J connectivity index is 2.50. The van der Waals surface area contributed by atoms with Crippen LogP contribution in [0.25, 0.3) is 11.3 Å². The number of rotatable bonds is 4. The summed E-state index contributed by atoms with van der Waals surface area (Å²) in [5, 5.41) is 8.77. The quantitative estimate of drug-likeness (QED) is 0.854. The van der Waals surface area contributed by atoms with Crippen LogP contribution in [0.5, 0.6) is 11.5 Å². The highest BCUT2D eigenvalue weighted by atomic mass is 16.5. The van der Waals surface area contributed by atoms with Crippen molar-refractivity contribution in [2.24, 2.45) is 0 Å². The van der Waals surface area contributed by atoms with E-state index in [4.69, 9.17) is 14.7 Å². The minimum Gasteiger partial charge on any atom is -0.497 e. The van der Waals surface area contributed by atoms with Gasteiger partial charge in [0.25, 0.3) is 0 Å². The van der Waals surface area contributed by atoms with E-state index in [1.165, 1.54) is 0 Å². The van der Waals surface area contributed by atoms with Gasteiger partial charge in [0.15, 0.2) is 0 Å². The van der Waals surface area contributed by atoms with Crippen molar-refractivity contribution < 1.29 is 9.47 Å². The van der Waals surface area contributed by atoms with Crippen LogP contribution in [0, 0.1) is 18.3 Å². The van der Waals surface area contributed by atoms with E-state index in [0.717, 1.165) is 34.0 Å². The Kier molecular flexibility index (Phi) is 4.21. The van der Waals surface area contributed by atoms with Crippen LogP contribution < -0.4 is 9.47 Å². The van der Waals surface area contributed by atoms with Crippen LogP contribution in [-0.4, -0.2) is 19.2 Å². The first-order valence-electron chi connectivity index (χ1n) is 6.25. The summed E-state index contributed by atoms with van der Waals surface area (Å²) in [5.74, 6) is 1.49. The van der Waals surface area contributed by atoms with Crippen molar-refractivity contribution in [2.75, 3.05) is 14.2 Å². The lowest BCUT2D eigenvalue weighted by Gasteiger charge is -2.11. The number of hydrogen-bond donors (Lipinski definition) is 0. The molecule has 0 amide bonds. The lowest BCUT2D eigenvalue weighted by molar-refractivity contribution is 0.404. The highest BCUT2D eigenvalue weighted by Gasteiger charge is 2.10. The molecular weight excluding hydrogens is 252 g/mol. The lowest BCUT2D eigenvalue weighted by Crippen LogP contribution is -1.96. The van der Waals surface area contributed by atoms with Gasteiger partial charge in [-0.1, -0.05) is 6.07 Å². The van der Waals surface area contributed by atoms with Gasteiger partial charge >= 0.3 is 0 Å². The number of ether oxygens (including phenoxy) is 2. The molecule has 102 valence electrons. The van der Waals surface area contributed by atoms with Crippen molar-refractivity contribution in [3.63, 3.8) is 0 Å². The molecule has 0 spiro atoms. The van der Waals surface area contributed by atoms with Gasteiger partial charge < -0.3 is 9.47 Å². The van der Waals surface area contributed by atoms with Crippen molar-refractivity contribution in [2.45, 2.75) is 13.3 Å². The van der Waals surface area contributed by atoms with Gasteiger partial charge in [-0.15, -0.1) is 0 Å². The average molecular weight is 268 g/mol. The molecule has 2 aromatic rings. The molecule has 0 saturated heterocycles. The van der Waals surface area contributed by atoms with Gasteiger partial charge in [-0.25, -0.2) is 0 Å². The van der Waals surface area contributed by atoms with Gasteiger partial charge in [-0.3, -0.25) is 4.98 Å². The van der Waals surface area contributed by atoms with Gasteiger partial charge in [-0.2, -0.15) is 5.26 Å². The van der Waals surface area contributed by atoms with E-state index in [9.17, 15) is 0 Å². The van der Waals surface area contributed by atoms with Crippen LogP contribution in [0.1, 0.15) is 11.3 Å². The zero-order valence-electron chi connectivity index (χ0n) is 11.8. The summed E-state index contributed by atoms with van der Waals surface area (Å²) >= 11 is 0. The number of methoxy groups -OCH3 is 2. The van der Waals surface area contributed by atoms with Gasteiger partial charge in [0.1, 0.15) is 11.5 Å². The summed E-state index contributed by atoms with van der Waals surface area (Å²) in [6, 6.07) is 11.6. The zero-order valence-corrected chi connectivity index (χ0v) is 11.8. The van der Waals surface area contributed by atoms with Gasteiger partial charge in [0, 0.05) is 11.3 Å². The fourth-order valence-electron chi connectivity index (χ4n) is 2.03. The third kappa shape index (κ3) is 2.72. The number of benzene rings is 1. The molecular formula is C16H16N2O2. The Morgan fingerprint density at radius 1 is 1.15 bits per heavy atom. The number of nitriles is 1. The lowest BCUT2D eigenvalue weighted by atomic mass is 10.1. The molecule has 0 bridgehead atoms. The maximum Gasteiger partial charge on any atom is 0.128 e. The fourth-order valence-corrected chi connectivity index (χ4v) is 2.03. The molecule has 0 aliphatic heterocycles. The van der Waals surface area contributed by atoms with E-state index in [-0.39, 0.29) is 0 Å². The Morgan fingerprint density at radius 2 is 1.95 bits per heavy atom. The van der Waals surface area contributed by atoms with Crippen molar-refractivity contribution in [3.8, 4) is 28.8 Å². The number of hydrogen-bond acceptors (Lipinski definition) is 4. The van der Waals surface area contributed by atoms with Crippen LogP contribution >= 0.6 is 0 Å². The van der Waals surface area contributed by atoms with Crippen LogP contribution in [0.4, 0.5) is 0 Å². The minimum atomic E-state index is 0.369. The van der Waals surface area contributed by atoms with E-state index in [1.807, 2.05) is 37.3 Å². The standard InChI is InChI=1S/C16H16N2O2/c1-11-12(8-9-17)4-6-15(18-11)14-10-13(19-2)5-7-16(14)20-3/h4-7,10H,8H2,1-3H3. The van der Waals surface area contributed by atoms with Crippen molar-refractivity contribution >= 4 is 0 Å². The normalized spacial score (nSPS) is 9.90. The molecule has 0 aliphatic rings. The highest BCUT2D eigenvalue weighted by Crippen LogP contribution is 2.32. The smallest absolute Gasteiger partial charge is 0.128 e. The topological polar surface area (TPSA) is 55.1 Å². The second-order valence-electron chi connectivity index (χ2n) is 4.34. The van der Waals surface area contributed by atoms with E-state index in [0.29, 0.717) is 6.42 Å². The number of nitrogens with zero attached hydrogens (tertiary/aromatic N) is 2. The summed E-state index contributed by atoms with van der Waals surface area (Å²) in [7, 11) is 3.25. The molecule has 0 unspecified atom stereocenters. The van der Waals surface area contributed by atoms with E-state index >= 15 is 0 Å². The predicted octanol–water partition coefficient (Wildman–Crippen LogP) is 3.14. The average Bonchev–Trinajstić information content (AvgIpc) is 2.48. The summed E-state index contributed by atoms with van der Waals surface area (Å²) in [6.07, 6.45) is 0.369. The van der Waals surface area contributed by atoms with Crippen molar-refractivity contribution in [1.82, 2.24) is 4.98 Å². The van der Waals surface area contributed by atoms with Gasteiger partial charge in [-0.05, 0) is 36.8 Å². The van der Waals surface area contributed by atoms with E-state index < -0.39 is 0 Å². The second-order valence-corrected chi connectivity index (χ2v) is 4.34. The summed E-state index contributed by atoms with van der Waals surface area (Å²) in [4.78, 5) is 4.56. The molecule has 0 N–H and O–H groups in total. The molecule has 0 saturated carbocycles. The first kappa shape index (κ1) is 13.9. The minimum absolute atomic E-state index is 0.369. The molecule has 1 heterocycles. The van der Waals surface area contributed by atoms with Gasteiger partial charge in [0.2, 0.25) is 0 Å². The Morgan fingerprint density at radius 3 is 2.55 bits per heavy atom. The molecule has 2 rings (SSSR count). The summed E-state index contributed by atoms with van der Waals surface area (Å²) in [6.45, 7) is 1.91. The predicted molar refractivity (Wildman–Crippen MR) is 76.8 cm³/mol. The highest BCUT2D eigenvalue weighted by molar-refractivity contribution is 5.69. The molecule has 0 fully saturated rings. The second kappa shape index (κ2) is 6.07. The van der Waals surface area contributed by atoms with E-state index in [2.05, 4.69) is 11.1 Å². The number of aryl methyl sites for hydroxylation is 1. The van der Waals surface area contributed by atoms with Crippen LogP contribution in [0.15, 0.2) is 30.3 Å². The van der Waals surface area contributed by atoms with E-state index in [1.54, 1.807) is 14.2 Å². The van der Waals surface area contributed by atoms with Crippen LogP contribution in [0.2, 0.25) is 0 Å². The molecule has 4 nitrogen and oxygen atoms in total. The summed E-state index contributed by atoms with van der Waals surface area (Å²) in [5.41, 5.74) is 3.48. The monoisotopic (exact) mass is 268 g/mol. The maximum absolute atomic E-state index is 8.77. The molecule has 4 heteroatoms. The molecule has 1 aromatic carbocycles. The SMILES string of the molecule is COc1ccc(OC)c(-c2ccc(CC#N)c(C)n2)c1. The largest absolute Gasteiger partial charge is 0.497 e. The molecule has 0 radical (unpaired) electrons. The fraction of sp³-hybridized carbons (Fsp3) is 0.250. The maximum atomic E-state index is 8.77. The molecule has 1 aromatic heterocycles. The third-order valence-corrected chi connectivity index (χ3v) is 3.15. The molecule has 20 heavy (non-hydrogen) atoms. The Labute approximate surface area is 118 Å². The first-order valence-corrected chi connectivity index (χ1v) is 6.25. The third-order valence-electron chi connectivity index (χ3n) is 3.15. The summed E-state index contributed by atoms with van der Waals surface area (Å²) < 4.78 is 10.6. The first-order chi connectivity index (χ1) is 9.69. The Hall–Kier alpha value is -2.54. The number of aromatic nitrogens is 1. The van der Waals surface area contributed by atoms with Crippen LogP contribution in [0.3, 0.4) is 0 Å². The zero-order chi connectivity index (χ0) is 14.5. The van der Waals surface area contributed by atoms with Crippen molar-refractivity contribution in [1.29, 1.82) is 5.26 Å². The molecule has 0 aliphatic carbocycles. The van der Waals surface area contributed by atoms with Gasteiger partial charge in [0.05, 0.1) is 32.4 Å². The Bertz CT molecular complexity index is 660.